The lowest BCUT2D eigenvalue weighted by Gasteiger charge is -2.23. The van der Waals surface area contributed by atoms with Gasteiger partial charge in [0.15, 0.2) is 11.5 Å². The molecule has 1 saturated heterocycles. The number of benzene rings is 2. The molecule has 1 N–H and O–H groups in total. The first-order valence-electron chi connectivity index (χ1n) is 8.73. The Morgan fingerprint density at radius 3 is 2.85 bits per heavy atom. The van der Waals surface area contributed by atoms with Crippen molar-refractivity contribution in [1.29, 1.82) is 0 Å². The van der Waals surface area contributed by atoms with Gasteiger partial charge in [0, 0.05) is 23.7 Å². The van der Waals surface area contributed by atoms with Gasteiger partial charge in [-0.15, -0.1) is 0 Å². The molecule has 0 radical (unpaired) electrons. The van der Waals surface area contributed by atoms with Crippen LogP contribution in [-0.2, 0) is 16.1 Å². The van der Waals surface area contributed by atoms with Crippen molar-refractivity contribution in [2.75, 3.05) is 26.4 Å². The van der Waals surface area contributed by atoms with Crippen molar-refractivity contribution in [3.63, 3.8) is 0 Å². The van der Waals surface area contributed by atoms with E-state index in [1.54, 1.807) is 11.0 Å². The lowest BCUT2D eigenvalue weighted by molar-refractivity contribution is -0.136. The van der Waals surface area contributed by atoms with Crippen LogP contribution < -0.4 is 4.74 Å². The van der Waals surface area contributed by atoms with E-state index in [0.717, 1.165) is 23.1 Å². The van der Waals surface area contributed by atoms with E-state index in [1.165, 1.54) is 0 Å². The Morgan fingerprint density at radius 1 is 1.19 bits per heavy atom. The summed E-state index contributed by atoms with van der Waals surface area (Å²) in [6.07, 6.45) is 0.761. The molecule has 2 aromatic carbocycles. The quantitative estimate of drug-likeness (QED) is 0.875. The molecule has 0 aromatic heterocycles. The third kappa shape index (κ3) is 3.37. The summed E-state index contributed by atoms with van der Waals surface area (Å²) in [6, 6.07) is 11.1. The maximum atomic E-state index is 12.8. The maximum absolute atomic E-state index is 12.8. The standard InChI is InChI=1S/C20H20ClNO4/c21-17-3-1-2-13(9-17)15-8-16-11-22(20(24)14-4-6-25-12-14)5-7-26-19(16)18(23)10-15/h1-3,8-10,14,23H,4-7,11-12H2. The van der Waals surface area contributed by atoms with Crippen molar-refractivity contribution in [3.05, 3.63) is 47.0 Å². The van der Waals surface area contributed by atoms with Crippen LogP contribution in [0.5, 0.6) is 11.5 Å². The number of aromatic hydroxyl groups is 1. The van der Waals surface area contributed by atoms with Gasteiger partial charge >= 0.3 is 0 Å². The molecule has 26 heavy (non-hydrogen) atoms. The van der Waals surface area contributed by atoms with Gasteiger partial charge in [0.05, 0.1) is 19.1 Å². The molecule has 2 aromatic rings. The van der Waals surface area contributed by atoms with Gasteiger partial charge in [-0.25, -0.2) is 0 Å². The lowest BCUT2D eigenvalue weighted by Crippen LogP contribution is -2.37. The molecule has 0 bridgehead atoms. The Kier molecular flexibility index (Phi) is 4.74. The summed E-state index contributed by atoms with van der Waals surface area (Å²) in [6.45, 7) is 2.38. The number of hydrogen-bond acceptors (Lipinski definition) is 4. The molecule has 2 aliphatic heterocycles. The number of fused-ring (bicyclic) bond motifs is 1. The average Bonchev–Trinajstić information content (AvgIpc) is 3.08. The third-order valence-electron chi connectivity index (χ3n) is 4.86. The summed E-state index contributed by atoms with van der Waals surface area (Å²) in [5, 5.41) is 11.1. The number of ether oxygens (including phenoxy) is 2. The molecule has 0 saturated carbocycles. The smallest absolute Gasteiger partial charge is 0.228 e. The minimum atomic E-state index is -0.0822. The molecule has 4 rings (SSSR count). The van der Waals surface area contributed by atoms with Gasteiger partial charge in [0.2, 0.25) is 5.91 Å². The highest BCUT2D eigenvalue weighted by molar-refractivity contribution is 6.30. The van der Waals surface area contributed by atoms with Crippen molar-refractivity contribution < 1.29 is 19.4 Å². The zero-order valence-corrected chi connectivity index (χ0v) is 15.0. The van der Waals surface area contributed by atoms with E-state index < -0.39 is 0 Å². The van der Waals surface area contributed by atoms with Crippen LogP contribution in [0.2, 0.25) is 5.02 Å². The number of nitrogens with zero attached hydrogens (tertiary/aromatic N) is 1. The van der Waals surface area contributed by atoms with Gasteiger partial charge in [-0.2, -0.15) is 0 Å². The average molecular weight is 374 g/mol. The second-order valence-electron chi connectivity index (χ2n) is 6.66. The van der Waals surface area contributed by atoms with Gasteiger partial charge in [-0.3, -0.25) is 4.79 Å². The highest BCUT2D eigenvalue weighted by Crippen LogP contribution is 2.38. The van der Waals surface area contributed by atoms with Crippen molar-refractivity contribution in [3.8, 4) is 22.6 Å². The Morgan fingerprint density at radius 2 is 2.08 bits per heavy atom. The third-order valence-corrected chi connectivity index (χ3v) is 5.10. The number of carbonyl (C=O) groups excluding carboxylic acids is 1. The minimum Gasteiger partial charge on any atom is -0.504 e. The summed E-state index contributed by atoms with van der Waals surface area (Å²) in [7, 11) is 0. The Bertz CT molecular complexity index is 833. The first kappa shape index (κ1) is 17.2. The normalized spacial score (nSPS) is 19.6. The molecule has 0 spiro atoms. The molecule has 1 fully saturated rings. The van der Waals surface area contributed by atoms with Gasteiger partial charge in [-0.1, -0.05) is 23.7 Å². The van der Waals surface area contributed by atoms with E-state index in [9.17, 15) is 9.90 Å². The highest BCUT2D eigenvalue weighted by Gasteiger charge is 2.30. The maximum Gasteiger partial charge on any atom is 0.228 e. The predicted octanol–water partition coefficient (Wildman–Crippen LogP) is 3.47. The number of phenols is 1. The summed E-state index contributed by atoms with van der Waals surface area (Å²) in [5.41, 5.74) is 2.54. The van der Waals surface area contributed by atoms with E-state index in [2.05, 4.69) is 0 Å². The second-order valence-corrected chi connectivity index (χ2v) is 7.10. The van der Waals surface area contributed by atoms with Crippen LogP contribution in [0.15, 0.2) is 36.4 Å². The van der Waals surface area contributed by atoms with Crippen LogP contribution in [0.1, 0.15) is 12.0 Å². The van der Waals surface area contributed by atoms with E-state index in [-0.39, 0.29) is 17.6 Å². The molecule has 2 aliphatic rings. The van der Waals surface area contributed by atoms with Crippen LogP contribution in [0, 0.1) is 5.92 Å². The predicted molar refractivity (Wildman–Crippen MR) is 98.4 cm³/mol. The second kappa shape index (κ2) is 7.17. The van der Waals surface area contributed by atoms with Crippen molar-refractivity contribution in [1.82, 2.24) is 4.90 Å². The topological polar surface area (TPSA) is 59.0 Å². The lowest BCUT2D eigenvalue weighted by atomic mass is 10.0. The molecule has 1 atom stereocenters. The number of halogens is 1. The van der Waals surface area contributed by atoms with Crippen LogP contribution in [-0.4, -0.2) is 42.3 Å². The summed E-state index contributed by atoms with van der Waals surface area (Å²) in [4.78, 5) is 14.6. The van der Waals surface area contributed by atoms with E-state index in [0.29, 0.717) is 43.7 Å². The first-order valence-corrected chi connectivity index (χ1v) is 9.11. The zero-order valence-electron chi connectivity index (χ0n) is 14.3. The molecule has 6 heteroatoms. The largest absolute Gasteiger partial charge is 0.504 e. The number of carbonyl (C=O) groups is 1. The van der Waals surface area contributed by atoms with Crippen molar-refractivity contribution >= 4 is 17.5 Å². The number of amides is 1. The molecule has 2 heterocycles. The molecule has 0 aliphatic carbocycles. The summed E-state index contributed by atoms with van der Waals surface area (Å²) >= 11 is 6.09. The SMILES string of the molecule is O=C(C1CCOC1)N1CCOc2c(O)cc(-c3cccc(Cl)c3)cc2C1. The number of phenolic OH excluding ortho intramolecular Hbond substituents is 1. The van der Waals surface area contributed by atoms with E-state index >= 15 is 0 Å². The van der Waals surface area contributed by atoms with Crippen LogP contribution in [0.25, 0.3) is 11.1 Å². The molecule has 1 amide bonds. The molecular weight excluding hydrogens is 354 g/mol. The van der Waals surface area contributed by atoms with E-state index in [4.69, 9.17) is 21.1 Å². The fourth-order valence-electron chi connectivity index (χ4n) is 3.51. The summed E-state index contributed by atoms with van der Waals surface area (Å²) < 4.78 is 11.1. The van der Waals surface area contributed by atoms with Gasteiger partial charge < -0.3 is 19.5 Å². The highest BCUT2D eigenvalue weighted by atomic mass is 35.5. The Labute approximate surface area is 157 Å². The Hall–Kier alpha value is -2.24. The van der Waals surface area contributed by atoms with Crippen LogP contribution in [0.3, 0.4) is 0 Å². The molecular formula is C20H20ClNO4. The van der Waals surface area contributed by atoms with Gasteiger partial charge in [0.25, 0.3) is 0 Å². The van der Waals surface area contributed by atoms with Gasteiger partial charge in [-0.05, 0) is 41.8 Å². The fourth-order valence-corrected chi connectivity index (χ4v) is 3.70. The molecule has 5 nitrogen and oxygen atoms in total. The van der Waals surface area contributed by atoms with Crippen molar-refractivity contribution in [2.45, 2.75) is 13.0 Å². The van der Waals surface area contributed by atoms with Gasteiger partial charge in [0.1, 0.15) is 6.61 Å². The zero-order chi connectivity index (χ0) is 18.1. The minimum absolute atomic E-state index is 0.0796. The van der Waals surface area contributed by atoms with Crippen molar-refractivity contribution in [2.24, 2.45) is 5.92 Å². The van der Waals surface area contributed by atoms with E-state index in [1.807, 2.05) is 30.3 Å². The fraction of sp³-hybridized carbons (Fsp3) is 0.350. The first-order chi connectivity index (χ1) is 12.6. The van der Waals surface area contributed by atoms with Crippen LogP contribution >= 0.6 is 11.6 Å². The summed E-state index contributed by atoms with van der Waals surface area (Å²) in [5.74, 6) is 0.539. The number of hydrogen-bond donors (Lipinski definition) is 1. The monoisotopic (exact) mass is 373 g/mol. The van der Waals surface area contributed by atoms with Crippen LogP contribution in [0.4, 0.5) is 0 Å². The Balaban J connectivity index is 1.66. The molecule has 136 valence electrons. The number of rotatable bonds is 2. The molecule has 1 unspecified atom stereocenters.